The Labute approximate surface area is 74.9 Å². The minimum atomic E-state index is -0.314. The molecule has 0 saturated carbocycles. The molecule has 1 aromatic heterocycles. The van der Waals surface area contributed by atoms with Crippen LogP contribution in [0.5, 0.6) is 5.75 Å². The van der Waals surface area contributed by atoms with Crippen LogP contribution in [0.3, 0.4) is 0 Å². The minimum Gasteiger partial charge on any atom is -0.496 e. The first kappa shape index (κ1) is 9.06. The number of thiophene rings is 1. The Morgan fingerprint density at radius 2 is 2.17 bits per heavy atom. The van der Waals surface area contributed by atoms with Gasteiger partial charge in [-0.25, -0.2) is 4.79 Å². The van der Waals surface area contributed by atoms with Crippen molar-refractivity contribution in [2.75, 3.05) is 14.2 Å². The Bertz CT molecular complexity index is 290. The van der Waals surface area contributed by atoms with Gasteiger partial charge < -0.3 is 9.47 Å². The molecule has 0 saturated heterocycles. The number of hydrogen-bond donors (Lipinski definition) is 0. The third kappa shape index (κ3) is 1.58. The van der Waals surface area contributed by atoms with Crippen molar-refractivity contribution >= 4 is 17.3 Å². The van der Waals surface area contributed by atoms with Crippen LogP contribution in [0, 0.1) is 6.92 Å². The largest absolute Gasteiger partial charge is 0.496 e. The average Bonchev–Trinajstić information content (AvgIpc) is 2.45. The Morgan fingerprint density at radius 3 is 2.58 bits per heavy atom. The van der Waals surface area contributed by atoms with Gasteiger partial charge in [0, 0.05) is 10.9 Å². The normalized spacial score (nSPS) is 9.58. The SMILES string of the molecule is COC(=O)c1cc(OC)c(C)s1. The van der Waals surface area contributed by atoms with Crippen LogP contribution >= 0.6 is 11.3 Å². The lowest BCUT2D eigenvalue weighted by atomic mass is 10.4. The van der Waals surface area contributed by atoms with Crippen molar-refractivity contribution in [3.63, 3.8) is 0 Å². The summed E-state index contributed by atoms with van der Waals surface area (Å²) in [5.74, 6) is 0.423. The van der Waals surface area contributed by atoms with Gasteiger partial charge in [0.05, 0.1) is 14.2 Å². The molecule has 0 spiro atoms. The molecule has 0 aromatic carbocycles. The predicted octanol–water partition coefficient (Wildman–Crippen LogP) is 1.85. The predicted molar refractivity (Wildman–Crippen MR) is 46.9 cm³/mol. The highest BCUT2D eigenvalue weighted by Gasteiger charge is 2.12. The third-order valence-electron chi connectivity index (χ3n) is 1.48. The molecule has 0 aliphatic heterocycles. The van der Waals surface area contributed by atoms with Crippen LogP contribution in [0.25, 0.3) is 0 Å². The van der Waals surface area contributed by atoms with Crippen LogP contribution in [0.2, 0.25) is 0 Å². The maximum atomic E-state index is 11.0. The van der Waals surface area contributed by atoms with E-state index in [0.29, 0.717) is 4.88 Å². The molecular formula is C8H10O3S. The number of aryl methyl sites for hydroxylation is 1. The highest BCUT2D eigenvalue weighted by Crippen LogP contribution is 2.28. The molecule has 4 heteroatoms. The van der Waals surface area contributed by atoms with E-state index in [1.807, 2.05) is 6.92 Å². The Morgan fingerprint density at radius 1 is 1.50 bits per heavy atom. The van der Waals surface area contributed by atoms with Gasteiger partial charge in [0.25, 0.3) is 0 Å². The number of esters is 1. The number of ether oxygens (including phenoxy) is 2. The smallest absolute Gasteiger partial charge is 0.348 e. The topological polar surface area (TPSA) is 35.5 Å². The first-order valence-corrected chi connectivity index (χ1v) is 4.23. The molecule has 0 radical (unpaired) electrons. The van der Waals surface area contributed by atoms with Gasteiger partial charge in [-0.15, -0.1) is 11.3 Å². The second-order valence-corrected chi connectivity index (χ2v) is 3.48. The molecule has 12 heavy (non-hydrogen) atoms. The van der Waals surface area contributed by atoms with E-state index in [0.717, 1.165) is 10.6 Å². The second-order valence-electron chi connectivity index (χ2n) is 2.23. The number of carbonyl (C=O) groups excluding carboxylic acids is 1. The molecular weight excluding hydrogens is 176 g/mol. The van der Waals surface area contributed by atoms with Gasteiger partial charge in [-0.1, -0.05) is 0 Å². The van der Waals surface area contributed by atoms with Crippen molar-refractivity contribution in [2.24, 2.45) is 0 Å². The fourth-order valence-electron chi connectivity index (χ4n) is 0.869. The molecule has 3 nitrogen and oxygen atoms in total. The summed E-state index contributed by atoms with van der Waals surface area (Å²) in [6.07, 6.45) is 0. The second kappa shape index (κ2) is 3.58. The Kier molecular flexibility index (Phi) is 2.70. The molecule has 0 atom stereocenters. The highest BCUT2D eigenvalue weighted by atomic mass is 32.1. The van der Waals surface area contributed by atoms with Crippen LogP contribution in [0.15, 0.2) is 6.07 Å². The molecule has 0 amide bonds. The van der Waals surface area contributed by atoms with Crippen LogP contribution in [0.1, 0.15) is 14.5 Å². The molecule has 1 rings (SSSR count). The lowest BCUT2D eigenvalue weighted by molar-refractivity contribution is 0.0606. The standard InChI is InChI=1S/C8H10O3S/c1-5-6(10-2)4-7(12-5)8(9)11-3/h4H,1-3H3. The van der Waals surface area contributed by atoms with Crippen molar-refractivity contribution < 1.29 is 14.3 Å². The molecule has 0 aliphatic carbocycles. The van der Waals surface area contributed by atoms with Gasteiger partial charge in [0.15, 0.2) is 0 Å². The summed E-state index contributed by atoms with van der Waals surface area (Å²) in [6.45, 7) is 1.90. The Hall–Kier alpha value is -1.03. The van der Waals surface area contributed by atoms with Crippen molar-refractivity contribution in [2.45, 2.75) is 6.92 Å². The number of methoxy groups -OCH3 is 2. The van der Waals surface area contributed by atoms with Crippen LogP contribution in [-0.4, -0.2) is 20.2 Å². The van der Waals surface area contributed by atoms with Gasteiger partial charge in [0.1, 0.15) is 10.6 Å². The first-order valence-electron chi connectivity index (χ1n) is 3.41. The fraction of sp³-hybridized carbons (Fsp3) is 0.375. The van der Waals surface area contributed by atoms with Gasteiger partial charge in [-0.3, -0.25) is 0 Å². The van der Waals surface area contributed by atoms with Gasteiger partial charge in [-0.2, -0.15) is 0 Å². The van der Waals surface area contributed by atoms with Gasteiger partial charge >= 0.3 is 5.97 Å². The van der Waals surface area contributed by atoms with Gasteiger partial charge in [-0.05, 0) is 6.92 Å². The summed E-state index contributed by atoms with van der Waals surface area (Å²) in [5, 5.41) is 0. The zero-order chi connectivity index (χ0) is 9.14. The first-order chi connectivity index (χ1) is 5.69. The van der Waals surface area contributed by atoms with Crippen LogP contribution in [0.4, 0.5) is 0 Å². The van der Waals surface area contributed by atoms with Gasteiger partial charge in [0.2, 0.25) is 0 Å². The zero-order valence-corrected chi connectivity index (χ0v) is 8.03. The van der Waals surface area contributed by atoms with Crippen LogP contribution in [-0.2, 0) is 4.74 Å². The summed E-state index contributed by atoms with van der Waals surface area (Å²) in [7, 11) is 2.94. The number of carbonyl (C=O) groups is 1. The van der Waals surface area contributed by atoms with E-state index in [4.69, 9.17) is 4.74 Å². The summed E-state index contributed by atoms with van der Waals surface area (Å²) in [5.41, 5.74) is 0. The highest BCUT2D eigenvalue weighted by molar-refractivity contribution is 7.14. The third-order valence-corrected chi connectivity index (χ3v) is 2.49. The van der Waals surface area contributed by atoms with E-state index < -0.39 is 0 Å². The molecule has 1 aromatic rings. The number of hydrogen-bond acceptors (Lipinski definition) is 4. The molecule has 0 N–H and O–H groups in total. The number of rotatable bonds is 2. The summed E-state index contributed by atoms with van der Waals surface area (Å²) < 4.78 is 9.59. The van der Waals surface area contributed by atoms with Crippen molar-refractivity contribution in [3.05, 3.63) is 15.8 Å². The fourth-order valence-corrected chi connectivity index (χ4v) is 1.77. The van der Waals surface area contributed by atoms with E-state index in [1.54, 1.807) is 13.2 Å². The molecule has 0 bridgehead atoms. The monoisotopic (exact) mass is 186 g/mol. The van der Waals surface area contributed by atoms with E-state index in [-0.39, 0.29) is 5.97 Å². The van der Waals surface area contributed by atoms with Crippen LogP contribution < -0.4 is 4.74 Å². The lowest BCUT2D eigenvalue weighted by Crippen LogP contribution is -1.96. The molecule has 0 fully saturated rings. The summed E-state index contributed by atoms with van der Waals surface area (Å²) in [6, 6.07) is 1.69. The van der Waals surface area contributed by atoms with E-state index in [1.165, 1.54) is 18.4 Å². The quantitative estimate of drug-likeness (QED) is 0.661. The van der Waals surface area contributed by atoms with E-state index in [2.05, 4.69) is 4.74 Å². The zero-order valence-electron chi connectivity index (χ0n) is 7.21. The average molecular weight is 186 g/mol. The molecule has 0 aliphatic rings. The molecule has 66 valence electrons. The molecule has 0 unspecified atom stereocenters. The van der Waals surface area contributed by atoms with Crippen molar-refractivity contribution in [3.8, 4) is 5.75 Å². The van der Waals surface area contributed by atoms with Crippen molar-refractivity contribution in [1.82, 2.24) is 0 Å². The maximum Gasteiger partial charge on any atom is 0.348 e. The summed E-state index contributed by atoms with van der Waals surface area (Å²) >= 11 is 1.37. The van der Waals surface area contributed by atoms with E-state index >= 15 is 0 Å². The lowest BCUT2D eigenvalue weighted by Gasteiger charge is -1.93. The summed E-state index contributed by atoms with van der Waals surface area (Å²) in [4.78, 5) is 12.6. The Balaban J connectivity index is 2.96. The molecule has 1 heterocycles. The van der Waals surface area contributed by atoms with Crippen molar-refractivity contribution in [1.29, 1.82) is 0 Å². The minimum absolute atomic E-state index is 0.314. The van der Waals surface area contributed by atoms with E-state index in [9.17, 15) is 4.79 Å². The maximum absolute atomic E-state index is 11.0.